The van der Waals surface area contributed by atoms with E-state index in [-0.39, 0.29) is 6.61 Å². The summed E-state index contributed by atoms with van der Waals surface area (Å²) in [4.78, 5) is 21.6. The van der Waals surface area contributed by atoms with Crippen LogP contribution in [-0.2, 0) is 25.6 Å². The molecule has 1 aliphatic rings. The van der Waals surface area contributed by atoms with Gasteiger partial charge in [0.05, 0.1) is 13.2 Å². The molecule has 5 heteroatoms. The molecule has 84 valence electrons. The van der Waals surface area contributed by atoms with Crippen LogP contribution in [-0.4, -0.2) is 24.8 Å². The number of cyclic esters (lactones) is 3. The summed E-state index contributed by atoms with van der Waals surface area (Å²) in [5.74, 6) is -0.696. The van der Waals surface area contributed by atoms with Gasteiger partial charge >= 0.3 is 12.1 Å². The van der Waals surface area contributed by atoms with Gasteiger partial charge in [0.2, 0.25) is 6.10 Å². The predicted octanol–water partition coefficient (Wildman–Crippen LogP) is 1.27. The van der Waals surface area contributed by atoms with Gasteiger partial charge in [-0.25, -0.2) is 9.59 Å². The van der Waals surface area contributed by atoms with Crippen LogP contribution in [0.15, 0.2) is 30.3 Å². The van der Waals surface area contributed by atoms with Gasteiger partial charge < -0.3 is 14.2 Å². The molecule has 1 saturated heterocycles. The van der Waals surface area contributed by atoms with E-state index in [0.29, 0.717) is 6.61 Å². The fourth-order valence-electron chi connectivity index (χ4n) is 1.30. The summed E-state index contributed by atoms with van der Waals surface area (Å²) in [6, 6.07) is 9.49. The molecule has 0 aromatic heterocycles. The molecule has 0 radical (unpaired) electrons. The third-order valence-corrected chi connectivity index (χ3v) is 2.07. The summed E-state index contributed by atoms with van der Waals surface area (Å²) in [6.07, 6.45) is -1.89. The molecule has 0 aliphatic carbocycles. The maximum atomic E-state index is 11.0. The number of carbonyl (C=O) groups excluding carboxylic acids is 2. The smallest absolute Gasteiger partial charge is 0.416 e. The number of rotatable bonds is 4. The predicted molar refractivity (Wildman–Crippen MR) is 52.5 cm³/mol. The van der Waals surface area contributed by atoms with Crippen LogP contribution in [0.4, 0.5) is 4.79 Å². The molecule has 5 nitrogen and oxygen atoms in total. The Morgan fingerprint density at radius 3 is 2.56 bits per heavy atom. The average Bonchev–Trinajstić information content (AvgIpc) is 2.59. The van der Waals surface area contributed by atoms with Crippen molar-refractivity contribution < 1.29 is 23.8 Å². The summed E-state index contributed by atoms with van der Waals surface area (Å²) in [5.41, 5.74) is 0.986. The molecule has 1 aromatic carbocycles. The molecule has 1 fully saturated rings. The molecule has 16 heavy (non-hydrogen) atoms. The summed E-state index contributed by atoms with van der Waals surface area (Å²) in [5, 5.41) is 0. The fraction of sp³-hybridized carbons (Fsp3) is 0.273. The molecule has 0 spiro atoms. The van der Waals surface area contributed by atoms with Crippen molar-refractivity contribution >= 4 is 12.1 Å². The lowest BCUT2D eigenvalue weighted by atomic mass is 10.2. The van der Waals surface area contributed by atoms with Crippen LogP contribution in [0.2, 0.25) is 0 Å². The second-order valence-corrected chi connectivity index (χ2v) is 3.28. The number of ether oxygens (including phenoxy) is 3. The van der Waals surface area contributed by atoms with Gasteiger partial charge in [-0.15, -0.1) is 0 Å². The zero-order valence-electron chi connectivity index (χ0n) is 8.42. The number of benzene rings is 1. The van der Waals surface area contributed by atoms with Crippen molar-refractivity contribution in [3.05, 3.63) is 35.9 Å². The highest BCUT2D eigenvalue weighted by Gasteiger charge is 2.35. The van der Waals surface area contributed by atoms with Crippen molar-refractivity contribution in [1.29, 1.82) is 0 Å². The lowest BCUT2D eigenvalue weighted by Gasteiger charge is -2.06. The minimum absolute atomic E-state index is 0.0134. The standard InChI is InChI=1S/C11H10O5/c12-10-9(15-11(13)16-10)7-14-6-8-4-2-1-3-5-8/h1-5,9H,6-7H2. The normalized spacial score (nSPS) is 19.4. The van der Waals surface area contributed by atoms with Gasteiger partial charge in [-0.1, -0.05) is 30.3 Å². The van der Waals surface area contributed by atoms with E-state index >= 15 is 0 Å². The molecule has 0 saturated carbocycles. The van der Waals surface area contributed by atoms with E-state index in [1.807, 2.05) is 30.3 Å². The quantitative estimate of drug-likeness (QED) is 0.567. The summed E-state index contributed by atoms with van der Waals surface area (Å²) >= 11 is 0. The number of hydrogen-bond acceptors (Lipinski definition) is 5. The zero-order valence-corrected chi connectivity index (χ0v) is 8.42. The van der Waals surface area contributed by atoms with Crippen LogP contribution in [0.5, 0.6) is 0 Å². The molecular weight excluding hydrogens is 212 g/mol. The fourth-order valence-corrected chi connectivity index (χ4v) is 1.30. The molecule has 0 N–H and O–H groups in total. The van der Waals surface area contributed by atoms with E-state index in [4.69, 9.17) is 4.74 Å². The third kappa shape index (κ3) is 2.58. The largest absolute Gasteiger partial charge is 0.517 e. The number of hydrogen-bond donors (Lipinski definition) is 0. The first kappa shape index (κ1) is 10.6. The van der Waals surface area contributed by atoms with E-state index in [2.05, 4.69) is 9.47 Å². The molecule has 1 heterocycles. The Bertz CT molecular complexity index is 387. The van der Waals surface area contributed by atoms with E-state index in [0.717, 1.165) is 5.56 Å². The highest BCUT2D eigenvalue weighted by Crippen LogP contribution is 2.09. The number of carbonyl (C=O) groups is 2. The van der Waals surface area contributed by atoms with Crippen molar-refractivity contribution in [1.82, 2.24) is 0 Å². The maximum absolute atomic E-state index is 11.0. The molecule has 1 aliphatic heterocycles. The molecule has 0 bridgehead atoms. The lowest BCUT2D eigenvalue weighted by Crippen LogP contribution is -2.22. The Balaban J connectivity index is 1.76. The van der Waals surface area contributed by atoms with Gasteiger partial charge in [0.25, 0.3) is 0 Å². The topological polar surface area (TPSA) is 61.8 Å². The Morgan fingerprint density at radius 2 is 1.94 bits per heavy atom. The van der Waals surface area contributed by atoms with Crippen LogP contribution in [0.3, 0.4) is 0 Å². The molecular formula is C11H10O5. The molecule has 2 rings (SSSR count). The first-order chi connectivity index (χ1) is 7.75. The Labute approximate surface area is 91.9 Å². The van der Waals surface area contributed by atoms with Gasteiger partial charge in [-0.2, -0.15) is 0 Å². The van der Waals surface area contributed by atoms with E-state index in [1.165, 1.54) is 0 Å². The highest BCUT2D eigenvalue weighted by molar-refractivity contribution is 5.90. The van der Waals surface area contributed by atoms with Crippen molar-refractivity contribution in [3.8, 4) is 0 Å². The Hall–Kier alpha value is -1.88. The number of esters is 1. The van der Waals surface area contributed by atoms with Gasteiger partial charge in [0.15, 0.2) is 0 Å². The first-order valence-electron chi connectivity index (χ1n) is 4.79. The maximum Gasteiger partial charge on any atom is 0.517 e. The lowest BCUT2D eigenvalue weighted by molar-refractivity contribution is -0.138. The first-order valence-corrected chi connectivity index (χ1v) is 4.79. The minimum Gasteiger partial charge on any atom is -0.416 e. The van der Waals surface area contributed by atoms with Crippen LogP contribution < -0.4 is 0 Å². The Kier molecular flexibility index (Phi) is 3.16. The van der Waals surface area contributed by atoms with E-state index < -0.39 is 18.2 Å². The highest BCUT2D eigenvalue weighted by atomic mass is 16.8. The second-order valence-electron chi connectivity index (χ2n) is 3.28. The van der Waals surface area contributed by atoms with Gasteiger partial charge in [0.1, 0.15) is 0 Å². The second kappa shape index (κ2) is 4.76. The van der Waals surface area contributed by atoms with Crippen LogP contribution in [0, 0.1) is 0 Å². The van der Waals surface area contributed by atoms with E-state index in [1.54, 1.807) is 0 Å². The third-order valence-electron chi connectivity index (χ3n) is 2.07. The van der Waals surface area contributed by atoms with Gasteiger partial charge in [-0.05, 0) is 5.56 Å². The van der Waals surface area contributed by atoms with Crippen LogP contribution in [0.1, 0.15) is 5.56 Å². The molecule has 0 amide bonds. The van der Waals surface area contributed by atoms with Crippen LogP contribution in [0.25, 0.3) is 0 Å². The average molecular weight is 222 g/mol. The summed E-state index contributed by atoms with van der Waals surface area (Å²) in [6.45, 7) is 0.377. The van der Waals surface area contributed by atoms with Gasteiger partial charge in [-0.3, -0.25) is 0 Å². The summed E-state index contributed by atoms with van der Waals surface area (Å²) < 4.78 is 14.0. The zero-order chi connectivity index (χ0) is 11.4. The molecule has 1 unspecified atom stereocenters. The minimum atomic E-state index is -0.960. The van der Waals surface area contributed by atoms with Crippen LogP contribution >= 0.6 is 0 Å². The molecule has 1 aromatic rings. The van der Waals surface area contributed by atoms with Crippen molar-refractivity contribution in [3.63, 3.8) is 0 Å². The van der Waals surface area contributed by atoms with Crippen molar-refractivity contribution in [2.45, 2.75) is 12.7 Å². The van der Waals surface area contributed by atoms with Crippen molar-refractivity contribution in [2.24, 2.45) is 0 Å². The SMILES string of the molecule is O=C1OC(=O)C(COCc2ccccc2)O1. The van der Waals surface area contributed by atoms with Crippen molar-refractivity contribution in [2.75, 3.05) is 6.61 Å². The van der Waals surface area contributed by atoms with Gasteiger partial charge in [0, 0.05) is 0 Å². The summed E-state index contributed by atoms with van der Waals surface area (Å²) in [7, 11) is 0. The monoisotopic (exact) mass is 222 g/mol. The Morgan fingerprint density at radius 1 is 1.19 bits per heavy atom. The molecule has 1 atom stereocenters. The van der Waals surface area contributed by atoms with E-state index in [9.17, 15) is 9.59 Å².